The first-order chi connectivity index (χ1) is 14.6. The Morgan fingerprint density at radius 1 is 1.03 bits per heavy atom. The van der Waals surface area contributed by atoms with Crippen molar-refractivity contribution in [3.8, 4) is 0 Å². The van der Waals surface area contributed by atoms with E-state index in [2.05, 4.69) is 15.6 Å². The summed E-state index contributed by atoms with van der Waals surface area (Å²) in [5.41, 5.74) is 0. The molecule has 1 aliphatic heterocycles. The lowest BCUT2D eigenvalue weighted by molar-refractivity contribution is -0.138. The molecule has 0 radical (unpaired) electrons. The van der Waals surface area contributed by atoms with Crippen LogP contribution >= 0.6 is 0 Å². The molecular formula is C22H32N4O4. The number of rotatable bonds is 9. The zero-order valence-electron chi connectivity index (χ0n) is 17.5. The van der Waals surface area contributed by atoms with E-state index in [-0.39, 0.29) is 49.3 Å². The first-order valence-electron chi connectivity index (χ1n) is 11.0. The number of aromatic nitrogens is 1. The number of amides is 3. The van der Waals surface area contributed by atoms with Gasteiger partial charge in [0.1, 0.15) is 5.82 Å². The Morgan fingerprint density at radius 3 is 2.57 bits per heavy atom. The third-order valence-electron chi connectivity index (χ3n) is 5.60. The number of carbonyl (C=O) groups excluding carboxylic acids is 3. The summed E-state index contributed by atoms with van der Waals surface area (Å²) in [6.45, 7) is 1.09. The van der Waals surface area contributed by atoms with Gasteiger partial charge in [0.15, 0.2) is 0 Å². The van der Waals surface area contributed by atoms with Gasteiger partial charge >= 0.3 is 0 Å². The summed E-state index contributed by atoms with van der Waals surface area (Å²) in [6.07, 6.45) is 8.97. The number of hydrogen-bond donors (Lipinski definition) is 2. The Balaban J connectivity index is 1.50. The predicted molar refractivity (Wildman–Crippen MR) is 113 cm³/mol. The topological polar surface area (TPSA) is 101 Å². The van der Waals surface area contributed by atoms with Crippen molar-refractivity contribution in [2.45, 2.75) is 69.9 Å². The number of ether oxygens (including phenoxy) is 1. The molecule has 1 saturated heterocycles. The molecule has 1 atom stereocenters. The summed E-state index contributed by atoms with van der Waals surface area (Å²) in [5.74, 6) is -0.157. The molecule has 1 saturated carbocycles. The molecule has 2 heterocycles. The van der Waals surface area contributed by atoms with Crippen LogP contribution in [-0.2, 0) is 19.1 Å². The lowest BCUT2D eigenvalue weighted by atomic mass is 9.95. The number of hydrogen-bond acceptors (Lipinski definition) is 5. The number of nitrogens with zero attached hydrogens (tertiary/aromatic N) is 2. The van der Waals surface area contributed by atoms with Gasteiger partial charge in [-0.1, -0.05) is 25.3 Å². The third-order valence-corrected chi connectivity index (χ3v) is 5.60. The third kappa shape index (κ3) is 7.40. The van der Waals surface area contributed by atoms with Crippen molar-refractivity contribution in [1.29, 1.82) is 0 Å². The van der Waals surface area contributed by atoms with Gasteiger partial charge in [-0.15, -0.1) is 0 Å². The molecule has 0 aromatic carbocycles. The largest absolute Gasteiger partial charge is 0.376 e. The summed E-state index contributed by atoms with van der Waals surface area (Å²) < 4.78 is 5.66. The maximum atomic E-state index is 12.8. The van der Waals surface area contributed by atoms with Crippen molar-refractivity contribution in [3.05, 3.63) is 24.4 Å². The van der Waals surface area contributed by atoms with E-state index in [1.165, 1.54) is 6.42 Å². The van der Waals surface area contributed by atoms with Crippen LogP contribution < -0.4 is 10.6 Å². The Bertz CT molecular complexity index is 700. The normalized spacial score (nSPS) is 19.3. The second-order valence-corrected chi connectivity index (χ2v) is 8.07. The van der Waals surface area contributed by atoms with E-state index in [1.54, 1.807) is 29.3 Å². The van der Waals surface area contributed by atoms with E-state index in [0.29, 0.717) is 19.0 Å². The number of anilines is 1. The molecule has 2 N–H and O–H groups in total. The maximum absolute atomic E-state index is 12.8. The molecule has 2 aliphatic rings. The SMILES string of the molecule is O=C(CCC(=O)N(CC(=O)NC1CCCCC1)CC1CCCO1)Nc1ccccn1. The number of pyridine rings is 1. The first-order valence-corrected chi connectivity index (χ1v) is 11.0. The van der Waals surface area contributed by atoms with Gasteiger partial charge in [-0.05, 0) is 37.8 Å². The minimum Gasteiger partial charge on any atom is -0.376 e. The summed E-state index contributed by atoms with van der Waals surface area (Å²) in [5, 5.41) is 5.74. The Kier molecular flexibility index (Phi) is 8.62. The Hall–Kier alpha value is -2.48. The van der Waals surface area contributed by atoms with E-state index in [4.69, 9.17) is 4.74 Å². The molecule has 8 nitrogen and oxygen atoms in total. The monoisotopic (exact) mass is 416 g/mol. The van der Waals surface area contributed by atoms with Gasteiger partial charge in [0.05, 0.1) is 12.6 Å². The van der Waals surface area contributed by atoms with E-state index >= 15 is 0 Å². The van der Waals surface area contributed by atoms with Crippen molar-refractivity contribution in [3.63, 3.8) is 0 Å². The van der Waals surface area contributed by atoms with Crippen LogP contribution in [0.15, 0.2) is 24.4 Å². The molecule has 1 aliphatic carbocycles. The zero-order chi connectivity index (χ0) is 21.2. The van der Waals surface area contributed by atoms with E-state index in [9.17, 15) is 14.4 Å². The molecule has 8 heteroatoms. The molecule has 1 aromatic heterocycles. The molecule has 1 aromatic rings. The fourth-order valence-electron chi connectivity index (χ4n) is 4.00. The zero-order valence-corrected chi connectivity index (χ0v) is 17.5. The number of carbonyl (C=O) groups is 3. The highest BCUT2D eigenvalue weighted by Gasteiger charge is 2.25. The van der Waals surface area contributed by atoms with Gasteiger partial charge in [0, 0.05) is 38.2 Å². The van der Waals surface area contributed by atoms with Crippen LogP contribution in [-0.4, -0.2) is 59.4 Å². The van der Waals surface area contributed by atoms with Crippen LogP contribution in [0.2, 0.25) is 0 Å². The molecule has 0 bridgehead atoms. The predicted octanol–water partition coefficient (Wildman–Crippen LogP) is 2.26. The second kappa shape index (κ2) is 11.6. The molecule has 1 unspecified atom stereocenters. The molecule has 3 rings (SSSR count). The molecule has 164 valence electrons. The minimum atomic E-state index is -0.272. The smallest absolute Gasteiger partial charge is 0.239 e. The van der Waals surface area contributed by atoms with Crippen LogP contribution in [0.5, 0.6) is 0 Å². The lowest BCUT2D eigenvalue weighted by Gasteiger charge is -2.27. The average molecular weight is 417 g/mol. The van der Waals surface area contributed by atoms with Gasteiger partial charge in [-0.25, -0.2) is 4.98 Å². The van der Waals surface area contributed by atoms with Crippen molar-refractivity contribution in [2.75, 3.05) is 25.0 Å². The van der Waals surface area contributed by atoms with Crippen molar-refractivity contribution in [2.24, 2.45) is 0 Å². The lowest BCUT2D eigenvalue weighted by Crippen LogP contribution is -2.47. The quantitative estimate of drug-likeness (QED) is 0.643. The molecule has 2 fully saturated rings. The van der Waals surface area contributed by atoms with Crippen molar-refractivity contribution < 1.29 is 19.1 Å². The summed E-state index contributed by atoms with van der Waals surface area (Å²) in [4.78, 5) is 43.1. The second-order valence-electron chi connectivity index (χ2n) is 8.07. The van der Waals surface area contributed by atoms with Gasteiger partial charge in [-0.3, -0.25) is 14.4 Å². The van der Waals surface area contributed by atoms with E-state index in [0.717, 1.165) is 38.5 Å². The number of nitrogens with one attached hydrogen (secondary N) is 2. The Morgan fingerprint density at radius 2 is 1.87 bits per heavy atom. The van der Waals surface area contributed by atoms with Gasteiger partial charge in [-0.2, -0.15) is 0 Å². The summed E-state index contributed by atoms with van der Waals surface area (Å²) >= 11 is 0. The maximum Gasteiger partial charge on any atom is 0.239 e. The molecule has 30 heavy (non-hydrogen) atoms. The van der Waals surface area contributed by atoms with Gasteiger partial charge in [0.2, 0.25) is 17.7 Å². The molecular weight excluding hydrogens is 384 g/mol. The standard InChI is InChI=1S/C22H32N4O4/c27-20(25-19-10-4-5-13-23-19)11-12-22(29)26(15-18-9-6-14-30-18)16-21(28)24-17-7-2-1-3-8-17/h4-5,10,13,17-18H,1-3,6-9,11-12,14-16H2,(H,24,28)(H,23,25,27). The highest BCUT2D eigenvalue weighted by molar-refractivity contribution is 5.93. The summed E-state index contributed by atoms with van der Waals surface area (Å²) in [6, 6.07) is 5.44. The van der Waals surface area contributed by atoms with Crippen LogP contribution in [0.4, 0.5) is 5.82 Å². The van der Waals surface area contributed by atoms with Crippen LogP contribution in [0.3, 0.4) is 0 Å². The highest BCUT2D eigenvalue weighted by Crippen LogP contribution is 2.18. The van der Waals surface area contributed by atoms with Crippen LogP contribution in [0.1, 0.15) is 57.8 Å². The van der Waals surface area contributed by atoms with E-state index < -0.39 is 0 Å². The van der Waals surface area contributed by atoms with Crippen LogP contribution in [0, 0.1) is 0 Å². The van der Waals surface area contributed by atoms with Crippen molar-refractivity contribution >= 4 is 23.5 Å². The summed E-state index contributed by atoms with van der Waals surface area (Å²) in [7, 11) is 0. The van der Waals surface area contributed by atoms with Crippen LogP contribution in [0.25, 0.3) is 0 Å². The van der Waals surface area contributed by atoms with Crippen molar-refractivity contribution in [1.82, 2.24) is 15.2 Å². The molecule has 3 amide bonds. The fraction of sp³-hybridized carbons (Fsp3) is 0.636. The van der Waals surface area contributed by atoms with E-state index in [1.807, 2.05) is 0 Å². The first kappa shape index (κ1) is 22.2. The highest BCUT2D eigenvalue weighted by atomic mass is 16.5. The Labute approximate surface area is 177 Å². The fourth-order valence-corrected chi connectivity index (χ4v) is 4.00. The average Bonchev–Trinajstić information content (AvgIpc) is 3.26. The molecule has 0 spiro atoms. The minimum absolute atomic E-state index is 0.0110. The van der Waals surface area contributed by atoms with Gasteiger partial charge in [0.25, 0.3) is 0 Å². The van der Waals surface area contributed by atoms with Gasteiger partial charge < -0.3 is 20.3 Å².